The van der Waals surface area contributed by atoms with Crippen molar-refractivity contribution in [3.63, 3.8) is 0 Å². The zero-order valence-electron chi connectivity index (χ0n) is 9.59. The van der Waals surface area contributed by atoms with Crippen molar-refractivity contribution in [2.24, 2.45) is 5.73 Å². The van der Waals surface area contributed by atoms with Gasteiger partial charge >= 0.3 is 6.36 Å². The summed E-state index contributed by atoms with van der Waals surface area (Å²) >= 11 is 0. The first-order valence-electron chi connectivity index (χ1n) is 4.84. The molecule has 0 spiro atoms. The molecule has 0 saturated heterocycles. The van der Waals surface area contributed by atoms with Crippen LogP contribution < -0.4 is 10.5 Å². The number of halogens is 3. The van der Waals surface area contributed by atoms with E-state index < -0.39 is 38.6 Å². The third-order valence-electron chi connectivity index (χ3n) is 1.95. The van der Waals surface area contributed by atoms with Gasteiger partial charge in [-0.1, -0.05) is 18.2 Å². The van der Waals surface area contributed by atoms with E-state index in [1.807, 2.05) is 0 Å². The first-order valence-corrected chi connectivity index (χ1v) is 6.28. The molecule has 6 nitrogen and oxygen atoms in total. The third kappa shape index (κ3) is 4.55. The molecule has 10 heteroatoms. The number of rotatable bonds is 4. The molecule has 0 aliphatic carbocycles. The average Bonchev–Trinajstić information content (AvgIpc) is 2.23. The van der Waals surface area contributed by atoms with Crippen LogP contribution in [0.25, 0.3) is 6.08 Å². The van der Waals surface area contributed by atoms with Gasteiger partial charge in [-0.2, -0.15) is 8.42 Å². The van der Waals surface area contributed by atoms with Crippen LogP contribution in [0.1, 0.15) is 5.56 Å². The van der Waals surface area contributed by atoms with Gasteiger partial charge < -0.3 is 10.5 Å². The molecule has 0 aromatic heterocycles. The smallest absolute Gasteiger partial charge is 0.405 e. The molecule has 0 fully saturated rings. The van der Waals surface area contributed by atoms with Crippen molar-refractivity contribution in [1.29, 1.82) is 0 Å². The number of primary amides is 1. The van der Waals surface area contributed by atoms with Crippen LogP contribution in [0.5, 0.6) is 5.75 Å². The summed E-state index contributed by atoms with van der Waals surface area (Å²) in [4.78, 5) is 9.64. The van der Waals surface area contributed by atoms with Crippen molar-refractivity contribution in [3.8, 4) is 5.75 Å². The largest absolute Gasteiger partial charge is 0.573 e. The Morgan fingerprint density at radius 1 is 1.30 bits per heavy atom. The summed E-state index contributed by atoms with van der Waals surface area (Å²) in [6.07, 6.45) is -4.52. The van der Waals surface area contributed by atoms with E-state index in [-0.39, 0.29) is 0 Å². The standard InChI is InChI=1S/C10H8F3NO5S/c11-10(12,13)19-7-4-2-1-3-6(7)5-8(9(14)15)20(16,17)18/h1-5H,(H2,14,15)(H,16,17,18). The Kier molecular flexibility index (Phi) is 4.40. The third-order valence-corrected chi connectivity index (χ3v) is 2.83. The van der Waals surface area contributed by atoms with Gasteiger partial charge in [0.2, 0.25) is 0 Å². The van der Waals surface area contributed by atoms with Crippen LogP contribution in [0, 0.1) is 0 Å². The van der Waals surface area contributed by atoms with Crippen molar-refractivity contribution >= 4 is 22.1 Å². The Hall–Kier alpha value is -2.07. The molecule has 0 aliphatic rings. The molecule has 0 radical (unpaired) electrons. The van der Waals surface area contributed by atoms with Crippen molar-refractivity contribution < 1.29 is 35.7 Å². The average molecular weight is 311 g/mol. The topological polar surface area (TPSA) is 107 Å². The zero-order chi connectivity index (χ0) is 15.6. The lowest BCUT2D eigenvalue weighted by Crippen LogP contribution is -2.21. The number of hydrogen-bond acceptors (Lipinski definition) is 4. The Labute approximate surface area is 111 Å². The fourth-order valence-electron chi connectivity index (χ4n) is 1.23. The molecule has 0 saturated carbocycles. The lowest BCUT2D eigenvalue weighted by atomic mass is 10.2. The van der Waals surface area contributed by atoms with Crippen molar-refractivity contribution in [2.75, 3.05) is 0 Å². The van der Waals surface area contributed by atoms with E-state index in [4.69, 9.17) is 10.3 Å². The van der Waals surface area contributed by atoms with E-state index >= 15 is 0 Å². The number of ether oxygens (including phenoxy) is 1. The number of alkyl halides is 3. The van der Waals surface area contributed by atoms with Crippen LogP contribution in [0.2, 0.25) is 0 Å². The number of nitrogens with two attached hydrogens (primary N) is 1. The highest BCUT2D eigenvalue weighted by atomic mass is 32.2. The Bertz CT molecular complexity index is 651. The van der Waals surface area contributed by atoms with Gasteiger partial charge in [0.15, 0.2) is 4.91 Å². The molecule has 3 N–H and O–H groups in total. The van der Waals surface area contributed by atoms with E-state index in [1.54, 1.807) is 0 Å². The number of benzene rings is 1. The molecule has 1 aromatic carbocycles. The minimum Gasteiger partial charge on any atom is -0.405 e. The maximum absolute atomic E-state index is 12.1. The van der Waals surface area contributed by atoms with Crippen molar-refractivity contribution in [2.45, 2.75) is 6.36 Å². The van der Waals surface area contributed by atoms with Crippen LogP contribution in [-0.2, 0) is 14.9 Å². The SMILES string of the molecule is NC(=O)C(=Cc1ccccc1OC(F)(F)F)S(=O)(=O)O. The first-order chi connectivity index (χ1) is 9.00. The Morgan fingerprint density at radius 3 is 2.30 bits per heavy atom. The van der Waals surface area contributed by atoms with Crippen LogP contribution in [0.15, 0.2) is 29.2 Å². The second-order valence-corrected chi connectivity index (χ2v) is 4.82. The molecule has 1 aromatic rings. The fourth-order valence-corrected chi connectivity index (χ4v) is 1.76. The Morgan fingerprint density at radius 2 is 1.85 bits per heavy atom. The number of para-hydroxylation sites is 1. The summed E-state index contributed by atoms with van der Waals surface area (Å²) in [5.41, 5.74) is 4.35. The molecule has 0 bridgehead atoms. The molecule has 1 rings (SSSR count). The van der Waals surface area contributed by atoms with E-state index in [0.717, 1.165) is 12.1 Å². The highest BCUT2D eigenvalue weighted by molar-refractivity contribution is 7.91. The second-order valence-electron chi connectivity index (χ2n) is 3.43. The molecule has 20 heavy (non-hydrogen) atoms. The minimum absolute atomic E-state index is 0.392. The molecule has 1 amide bonds. The summed E-state index contributed by atoms with van der Waals surface area (Å²) in [5.74, 6) is -2.27. The van der Waals surface area contributed by atoms with Gasteiger partial charge in [0, 0.05) is 5.56 Å². The number of carbonyl (C=O) groups is 1. The molecule has 110 valence electrons. The molecular weight excluding hydrogens is 303 g/mol. The van der Waals surface area contributed by atoms with Crippen LogP contribution in [0.3, 0.4) is 0 Å². The quantitative estimate of drug-likeness (QED) is 0.644. The predicted octanol–water partition coefficient (Wildman–Crippen LogP) is 1.30. The maximum Gasteiger partial charge on any atom is 0.573 e. The number of hydrogen-bond donors (Lipinski definition) is 2. The van der Waals surface area contributed by atoms with Crippen molar-refractivity contribution in [3.05, 3.63) is 34.7 Å². The summed E-state index contributed by atoms with van der Waals surface area (Å²) in [6, 6.07) is 4.44. The summed E-state index contributed by atoms with van der Waals surface area (Å²) < 4.78 is 70.7. The summed E-state index contributed by atoms with van der Waals surface area (Å²) in [5, 5.41) is 0. The lowest BCUT2D eigenvalue weighted by molar-refractivity contribution is -0.274. The van der Waals surface area contributed by atoms with Gasteiger partial charge in [-0.25, -0.2) is 0 Å². The van der Waals surface area contributed by atoms with Crippen molar-refractivity contribution in [1.82, 2.24) is 0 Å². The molecule has 0 aliphatic heterocycles. The van der Waals surface area contributed by atoms with Crippen LogP contribution >= 0.6 is 0 Å². The highest BCUT2D eigenvalue weighted by Gasteiger charge is 2.32. The zero-order valence-corrected chi connectivity index (χ0v) is 10.4. The second kappa shape index (κ2) is 5.51. The minimum atomic E-state index is -5.01. The molecular formula is C10H8F3NO5S. The van der Waals surface area contributed by atoms with Gasteiger partial charge in [0.25, 0.3) is 16.0 Å². The predicted molar refractivity (Wildman–Crippen MR) is 61.8 cm³/mol. The number of amides is 1. The number of carbonyl (C=O) groups excluding carboxylic acids is 1. The Balaban J connectivity index is 3.37. The molecule has 0 unspecified atom stereocenters. The summed E-state index contributed by atoms with van der Waals surface area (Å²) in [7, 11) is -4.97. The van der Waals surface area contributed by atoms with E-state index in [0.29, 0.717) is 6.08 Å². The highest BCUT2D eigenvalue weighted by Crippen LogP contribution is 2.28. The molecule has 0 atom stereocenters. The van der Waals surface area contributed by atoms with Gasteiger partial charge in [0.1, 0.15) is 5.75 Å². The normalized spacial score (nSPS) is 13.1. The van der Waals surface area contributed by atoms with Crippen LogP contribution in [-0.4, -0.2) is 25.2 Å². The van der Waals surface area contributed by atoms with E-state index in [2.05, 4.69) is 4.74 Å². The first kappa shape index (κ1) is 16.0. The summed E-state index contributed by atoms with van der Waals surface area (Å²) in [6.45, 7) is 0. The maximum atomic E-state index is 12.1. The van der Waals surface area contributed by atoms with Gasteiger partial charge in [-0.15, -0.1) is 13.2 Å². The molecule has 0 heterocycles. The van der Waals surface area contributed by atoms with Gasteiger partial charge in [-0.3, -0.25) is 9.35 Å². The van der Waals surface area contributed by atoms with E-state index in [1.165, 1.54) is 12.1 Å². The van der Waals surface area contributed by atoms with Gasteiger partial charge in [-0.05, 0) is 12.1 Å². The van der Waals surface area contributed by atoms with E-state index in [9.17, 15) is 26.4 Å². The monoisotopic (exact) mass is 311 g/mol. The van der Waals surface area contributed by atoms with Gasteiger partial charge in [0.05, 0.1) is 0 Å². The lowest BCUT2D eigenvalue weighted by Gasteiger charge is -2.11. The fraction of sp³-hybridized carbons (Fsp3) is 0.100. The van der Waals surface area contributed by atoms with Crippen LogP contribution in [0.4, 0.5) is 13.2 Å².